The summed E-state index contributed by atoms with van der Waals surface area (Å²) in [6.07, 6.45) is 7.05. The first-order chi connectivity index (χ1) is 26.4. The van der Waals surface area contributed by atoms with Crippen molar-refractivity contribution in [3.8, 4) is 22.5 Å². The zero-order valence-electron chi connectivity index (χ0n) is 29.8. The normalized spacial score (nSPS) is 16.1. The molecule has 8 aromatic rings. The van der Waals surface area contributed by atoms with Crippen LogP contribution in [0.3, 0.4) is 0 Å². The van der Waals surface area contributed by atoms with Crippen molar-refractivity contribution in [1.82, 2.24) is 24.5 Å². The van der Waals surface area contributed by atoms with Gasteiger partial charge < -0.3 is 5.73 Å². The summed E-state index contributed by atoms with van der Waals surface area (Å²) in [4.78, 5) is 34.3. The molecule has 0 aliphatic carbocycles. The molecule has 3 N–H and O–H groups in total. The van der Waals surface area contributed by atoms with Crippen molar-refractivity contribution in [3.05, 3.63) is 169 Å². The van der Waals surface area contributed by atoms with Gasteiger partial charge in [0.25, 0.3) is 0 Å². The zero-order chi connectivity index (χ0) is 36.8. The molecule has 1 unspecified atom stereocenters. The van der Waals surface area contributed by atoms with Gasteiger partial charge in [-0.25, -0.2) is 9.80 Å². The first-order valence-corrected chi connectivity index (χ1v) is 18.0. The Bertz CT molecular complexity index is 2680. The first-order valence-electron chi connectivity index (χ1n) is 18.0. The predicted octanol–water partition coefficient (Wildman–Crippen LogP) is 10.3. The van der Waals surface area contributed by atoms with Crippen LogP contribution in [0.25, 0.3) is 44.3 Å². The molecule has 2 amide bonds. The lowest BCUT2D eigenvalue weighted by molar-refractivity contribution is 0.182. The average molecular weight is 706 g/mol. The van der Waals surface area contributed by atoms with Gasteiger partial charge in [-0.2, -0.15) is 0 Å². The Hall–Kier alpha value is -6.97. The van der Waals surface area contributed by atoms with E-state index in [9.17, 15) is 0 Å². The number of anilines is 3. The molecule has 4 aromatic carbocycles. The second-order valence-electron chi connectivity index (χ2n) is 13.6. The summed E-state index contributed by atoms with van der Waals surface area (Å²) in [5, 5.41) is 7.36. The van der Waals surface area contributed by atoms with Gasteiger partial charge in [0, 0.05) is 45.9 Å². The van der Waals surface area contributed by atoms with Crippen molar-refractivity contribution < 1.29 is 4.79 Å². The highest BCUT2D eigenvalue weighted by atomic mass is 16.2. The fraction of sp³-hybridized carbons (Fsp3) is 0.0889. The molecular formula is C45H37N8O+. The minimum Gasteiger partial charge on any atom is -0.396 e. The summed E-state index contributed by atoms with van der Waals surface area (Å²) in [6, 6.07) is 43.4. The maximum absolute atomic E-state index is 15.3. The van der Waals surface area contributed by atoms with Crippen LogP contribution in [-0.2, 0) is 0 Å². The summed E-state index contributed by atoms with van der Waals surface area (Å²) in [5.74, 6) is 0. The fourth-order valence-electron chi connectivity index (χ4n) is 7.99. The van der Waals surface area contributed by atoms with Gasteiger partial charge in [-0.15, -0.1) is 0 Å². The van der Waals surface area contributed by atoms with E-state index in [1.807, 2.05) is 97.1 Å². The van der Waals surface area contributed by atoms with Crippen LogP contribution in [-0.4, -0.2) is 26.0 Å². The largest absolute Gasteiger partial charge is 0.451 e. The van der Waals surface area contributed by atoms with E-state index in [1.54, 1.807) is 24.8 Å². The Labute approximate surface area is 313 Å². The van der Waals surface area contributed by atoms with Crippen LogP contribution in [0.4, 0.5) is 27.5 Å². The molecule has 0 spiro atoms. The van der Waals surface area contributed by atoms with E-state index in [0.717, 1.165) is 55.4 Å². The number of hydrogen-bond donors (Lipinski definition) is 2. The van der Waals surface area contributed by atoms with Crippen molar-refractivity contribution in [2.75, 3.05) is 16.1 Å². The van der Waals surface area contributed by atoms with Gasteiger partial charge in [0.1, 0.15) is 23.5 Å². The maximum Gasteiger partial charge on any atom is 0.451 e. The third-order valence-corrected chi connectivity index (χ3v) is 10.6. The van der Waals surface area contributed by atoms with Gasteiger partial charge in [-0.05, 0) is 49.7 Å². The summed E-state index contributed by atoms with van der Waals surface area (Å²) in [7, 11) is 0. The lowest BCUT2D eigenvalue weighted by Gasteiger charge is -2.47. The Morgan fingerprint density at radius 3 is 1.83 bits per heavy atom. The van der Waals surface area contributed by atoms with Crippen LogP contribution in [0.1, 0.15) is 37.1 Å². The summed E-state index contributed by atoms with van der Waals surface area (Å²) in [6.45, 7) is 4.23. The molecule has 9 rings (SSSR count). The quantitative estimate of drug-likeness (QED) is 0.151. The average Bonchev–Trinajstić information content (AvgIpc) is 3.52. The summed E-state index contributed by atoms with van der Waals surface area (Å²) in [5.41, 5.74) is 16.5. The fourth-order valence-corrected chi connectivity index (χ4v) is 7.99. The van der Waals surface area contributed by atoms with Gasteiger partial charge >= 0.3 is 6.03 Å². The highest BCUT2D eigenvalue weighted by molar-refractivity contribution is 6.10. The number of benzene rings is 4. The molecule has 0 radical (unpaired) electrons. The van der Waals surface area contributed by atoms with Crippen molar-refractivity contribution in [2.24, 2.45) is 0 Å². The molecule has 1 aliphatic heterocycles. The SMILES string of the molecule is CC(c1ccccc1)[N@@+]1(N(c2cc(-c3cccc4ncccc34)ncc2N)[C@@H](C)c2ccccc2)C(=O)Nc2cnc(-c3cccc4ncccc34)cc21. The Morgan fingerprint density at radius 1 is 0.630 bits per heavy atom. The number of nitrogen functional groups attached to an aromatic ring is 1. The van der Waals surface area contributed by atoms with Crippen molar-refractivity contribution in [2.45, 2.75) is 25.9 Å². The van der Waals surface area contributed by atoms with Crippen LogP contribution >= 0.6 is 0 Å². The van der Waals surface area contributed by atoms with E-state index in [0.29, 0.717) is 22.8 Å². The minimum absolute atomic E-state index is 0.227. The van der Waals surface area contributed by atoms with Crippen LogP contribution in [0, 0.1) is 0 Å². The number of carbonyl (C=O) groups excluding carboxylic acids is 1. The van der Waals surface area contributed by atoms with E-state index < -0.39 is 6.04 Å². The molecule has 54 heavy (non-hydrogen) atoms. The molecule has 262 valence electrons. The number of rotatable bonds is 8. The summed E-state index contributed by atoms with van der Waals surface area (Å²) >= 11 is 0. The second-order valence-corrected chi connectivity index (χ2v) is 13.6. The number of pyridine rings is 4. The number of nitrogens with zero attached hydrogens (tertiary/aromatic N) is 6. The zero-order valence-corrected chi connectivity index (χ0v) is 29.8. The van der Waals surface area contributed by atoms with Crippen LogP contribution in [0.2, 0.25) is 0 Å². The lowest BCUT2D eigenvalue weighted by atomic mass is 10.0. The number of carbonyl (C=O) groups is 1. The Morgan fingerprint density at radius 2 is 1.20 bits per heavy atom. The Kier molecular flexibility index (Phi) is 8.05. The predicted molar refractivity (Wildman–Crippen MR) is 217 cm³/mol. The molecule has 9 nitrogen and oxygen atoms in total. The molecule has 0 bridgehead atoms. The number of urea groups is 1. The third kappa shape index (κ3) is 5.24. The topological polar surface area (TPSA) is 110 Å². The van der Waals surface area contributed by atoms with E-state index >= 15 is 4.79 Å². The molecule has 3 atom stereocenters. The second kappa shape index (κ2) is 13.2. The standard InChI is InChI=1S/C45H36N8O/c1-29(31-13-5-3-6-14-31)52(43-25-40(49-27-37(43)46)35-17-9-21-38-33(35)19-11-23-47-38)53(30(2)32-15-7-4-8-16-32)44-26-41(50-28-42(44)51-45(53)54)36-18-10-22-39-34(36)20-12-24-48-39/h3-30H,1-2H3,(H2-,46,47,48,51,54)/p+1/t29-,30?,53-/m0/s1. The molecule has 1 aliphatic rings. The van der Waals surface area contributed by atoms with E-state index in [1.165, 1.54) is 0 Å². The number of amides is 2. The lowest BCUT2D eigenvalue weighted by Crippen LogP contribution is -2.66. The number of fused-ring (bicyclic) bond motifs is 3. The number of nitrogens with one attached hydrogen (secondary N) is 1. The summed E-state index contributed by atoms with van der Waals surface area (Å²) < 4.78 is -0.251. The molecule has 0 saturated heterocycles. The van der Waals surface area contributed by atoms with Gasteiger partial charge in [0.2, 0.25) is 0 Å². The molecule has 4 aromatic heterocycles. The van der Waals surface area contributed by atoms with Crippen LogP contribution in [0.5, 0.6) is 0 Å². The van der Waals surface area contributed by atoms with Gasteiger partial charge in [0.15, 0.2) is 5.69 Å². The van der Waals surface area contributed by atoms with E-state index in [-0.39, 0.29) is 16.7 Å². The van der Waals surface area contributed by atoms with Gasteiger partial charge in [-0.1, -0.05) is 102 Å². The molecule has 0 fully saturated rings. The Balaban J connectivity index is 1.35. The smallest absolute Gasteiger partial charge is 0.396 e. The number of aromatic nitrogens is 4. The first kappa shape index (κ1) is 32.9. The van der Waals surface area contributed by atoms with Crippen LogP contribution in [0.15, 0.2) is 158 Å². The van der Waals surface area contributed by atoms with E-state index in [4.69, 9.17) is 15.7 Å². The highest BCUT2D eigenvalue weighted by Crippen LogP contribution is 2.53. The van der Waals surface area contributed by atoms with Crippen LogP contribution < -0.4 is 20.7 Å². The number of hydrogen-bond acceptors (Lipinski definition) is 7. The van der Waals surface area contributed by atoms with Gasteiger partial charge in [0.05, 0.1) is 40.5 Å². The van der Waals surface area contributed by atoms with Crippen molar-refractivity contribution in [1.29, 1.82) is 0 Å². The molecule has 5 heterocycles. The molecular weight excluding hydrogens is 669 g/mol. The maximum atomic E-state index is 15.3. The number of quaternary nitrogens is 1. The molecule has 0 saturated carbocycles. The van der Waals surface area contributed by atoms with Crippen molar-refractivity contribution in [3.63, 3.8) is 0 Å². The molecule has 9 heteroatoms. The highest BCUT2D eigenvalue weighted by Gasteiger charge is 2.59. The minimum atomic E-state index is -0.430. The van der Waals surface area contributed by atoms with Crippen molar-refractivity contribution >= 4 is 50.6 Å². The monoisotopic (exact) mass is 705 g/mol. The number of nitrogens with two attached hydrogens (primary N) is 1. The van der Waals surface area contributed by atoms with Gasteiger partial charge in [-0.3, -0.25) is 25.3 Å². The third-order valence-electron chi connectivity index (χ3n) is 10.6. The van der Waals surface area contributed by atoms with E-state index in [2.05, 4.69) is 70.5 Å².